The van der Waals surface area contributed by atoms with Crippen molar-refractivity contribution < 1.29 is 14.3 Å². The summed E-state index contributed by atoms with van der Waals surface area (Å²) in [4.78, 5) is 32.9. The van der Waals surface area contributed by atoms with Crippen molar-refractivity contribution in [1.82, 2.24) is 4.57 Å². The summed E-state index contributed by atoms with van der Waals surface area (Å²) < 4.78 is 14.2. The third-order valence-electron chi connectivity index (χ3n) is 6.32. The first-order chi connectivity index (χ1) is 19.2. The van der Waals surface area contributed by atoms with Crippen molar-refractivity contribution in [2.45, 2.75) is 32.9 Å². The van der Waals surface area contributed by atoms with E-state index in [1.165, 1.54) is 11.3 Å². The molecule has 1 atom stereocenters. The standard InChI is InChI=1S/C31H28BrN3O4S/c1-18(2)39-25-14-13-20(15-24(25)32)16-26-30(37)35-28(21-9-8-12-23(17-21)38-4)27(19(3)33-31(35)40-26)29(36)34-22-10-6-5-7-11-22/h5-18,28H,1-4H3,(H,34,36)/b26-16-/t28-/m1/s1. The lowest BCUT2D eigenvalue weighted by molar-refractivity contribution is -0.113. The lowest BCUT2D eigenvalue weighted by Gasteiger charge is -2.25. The highest BCUT2D eigenvalue weighted by molar-refractivity contribution is 9.10. The van der Waals surface area contributed by atoms with Gasteiger partial charge in [0.2, 0.25) is 0 Å². The molecule has 0 fully saturated rings. The van der Waals surface area contributed by atoms with Gasteiger partial charge in [0.05, 0.1) is 39.5 Å². The van der Waals surface area contributed by atoms with E-state index >= 15 is 0 Å². The third kappa shape index (κ3) is 5.66. The molecular weight excluding hydrogens is 590 g/mol. The van der Waals surface area contributed by atoms with Gasteiger partial charge in [-0.1, -0.05) is 47.7 Å². The summed E-state index contributed by atoms with van der Waals surface area (Å²) in [6.45, 7) is 5.74. The zero-order valence-electron chi connectivity index (χ0n) is 22.5. The second-order valence-electron chi connectivity index (χ2n) is 9.54. The smallest absolute Gasteiger partial charge is 0.271 e. The first-order valence-electron chi connectivity index (χ1n) is 12.7. The fraction of sp³-hybridized carbons (Fsp3) is 0.194. The number of nitrogens with one attached hydrogen (secondary N) is 1. The molecule has 0 bridgehead atoms. The Balaban J connectivity index is 1.64. The Morgan fingerprint density at radius 1 is 1.10 bits per heavy atom. The molecule has 4 aromatic rings. The van der Waals surface area contributed by atoms with Crippen LogP contribution in [0.4, 0.5) is 5.69 Å². The fourth-order valence-corrected chi connectivity index (χ4v) is 6.10. The minimum Gasteiger partial charge on any atom is -0.497 e. The lowest BCUT2D eigenvalue weighted by atomic mass is 9.95. The molecule has 1 aliphatic rings. The van der Waals surface area contributed by atoms with Crippen LogP contribution in [0.3, 0.4) is 0 Å². The van der Waals surface area contributed by atoms with Crippen LogP contribution < -0.4 is 29.7 Å². The molecule has 1 N–H and O–H groups in total. The van der Waals surface area contributed by atoms with E-state index in [2.05, 4.69) is 21.2 Å². The maximum Gasteiger partial charge on any atom is 0.271 e. The first kappa shape index (κ1) is 27.6. The lowest BCUT2D eigenvalue weighted by Crippen LogP contribution is -2.40. The number of anilines is 1. The zero-order valence-corrected chi connectivity index (χ0v) is 24.9. The molecule has 1 amide bonds. The topological polar surface area (TPSA) is 81.9 Å². The van der Waals surface area contributed by atoms with E-state index in [0.717, 1.165) is 21.3 Å². The number of nitrogens with zero attached hydrogens (tertiary/aromatic N) is 2. The van der Waals surface area contributed by atoms with Crippen molar-refractivity contribution in [1.29, 1.82) is 0 Å². The largest absolute Gasteiger partial charge is 0.497 e. The van der Waals surface area contributed by atoms with Crippen LogP contribution in [0.2, 0.25) is 0 Å². The Bertz CT molecular complexity index is 1790. The highest BCUT2D eigenvalue weighted by atomic mass is 79.9. The number of benzene rings is 3. The van der Waals surface area contributed by atoms with Gasteiger partial charge in [0, 0.05) is 5.69 Å². The molecule has 9 heteroatoms. The Morgan fingerprint density at radius 3 is 2.58 bits per heavy atom. The van der Waals surface area contributed by atoms with Gasteiger partial charge in [-0.05, 0) is 90.3 Å². The highest BCUT2D eigenvalue weighted by Gasteiger charge is 2.32. The van der Waals surface area contributed by atoms with Crippen LogP contribution in [0.1, 0.15) is 37.9 Å². The van der Waals surface area contributed by atoms with Gasteiger partial charge in [-0.25, -0.2) is 4.99 Å². The number of fused-ring (bicyclic) bond motifs is 1. The summed E-state index contributed by atoms with van der Waals surface area (Å²) in [5.74, 6) is 1.04. The van der Waals surface area contributed by atoms with Crippen molar-refractivity contribution >= 4 is 44.9 Å². The molecule has 0 spiro atoms. The summed E-state index contributed by atoms with van der Waals surface area (Å²) in [6.07, 6.45) is 1.87. The number of amides is 1. The summed E-state index contributed by atoms with van der Waals surface area (Å²) in [6, 6.07) is 21.7. The number of allylic oxidation sites excluding steroid dienone is 1. The van der Waals surface area contributed by atoms with Crippen LogP contribution in [0.5, 0.6) is 11.5 Å². The molecule has 0 saturated heterocycles. The van der Waals surface area contributed by atoms with E-state index < -0.39 is 6.04 Å². The molecule has 204 valence electrons. The fourth-order valence-electron chi connectivity index (χ4n) is 4.57. The van der Waals surface area contributed by atoms with Gasteiger partial charge in [-0.2, -0.15) is 0 Å². The van der Waals surface area contributed by atoms with Crippen LogP contribution >= 0.6 is 27.3 Å². The monoisotopic (exact) mass is 617 g/mol. The molecular formula is C31H28BrN3O4S. The molecule has 0 radical (unpaired) electrons. The van der Waals surface area contributed by atoms with Gasteiger partial charge in [0.25, 0.3) is 11.5 Å². The van der Waals surface area contributed by atoms with Gasteiger partial charge in [-0.3, -0.25) is 14.2 Å². The van der Waals surface area contributed by atoms with Crippen LogP contribution in [-0.2, 0) is 4.79 Å². The van der Waals surface area contributed by atoms with Gasteiger partial charge in [-0.15, -0.1) is 0 Å². The van der Waals surface area contributed by atoms with Crippen molar-refractivity contribution in [2.24, 2.45) is 4.99 Å². The number of carbonyl (C=O) groups excluding carboxylic acids is 1. The predicted octanol–water partition coefficient (Wildman–Crippen LogP) is 5.43. The van der Waals surface area contributed by atoms with Crippen molar-refractivity contribution in [3.8, 4) is 11.5 Å². The summed E-state index contributed by atoms with van der Waals surface area (Å²) in [5, 5.41) is 2.97. The Labute approximate surface area is 244 Å². The number of hydrogen-bond donors (Lipinski definition) is 1. The minimum atomic E-state index is -0.689. The van der Waals surface area contributed by atoms with E-state index in [-0.39, 0.29) is 17.6 Å². The number of thiazole rings is 1. The molecule has 3 aromatic carbocycles. The number of methoxy groups -OCH3 is 1. The maximum absolute atomic E-state index is 13.9. The molecule has 1 aliphatic heterocycles. The Morgan fingerprint density at radius 2 is 1.88 bits per heavy atom. The quantitative estimate of drug-likeness (QED) is 0.300. The van der Waals surface area contributed by atoms with E-state index in [1.54, 1.807) is 18.6 Å². The molecule has 1 aromatic heterocycles. The average Bonchev–Trinajstić information content (AvgIpc) is 3.23. The van der Waals surface area contributed by atoms with Gasteiger partial charge >= 0.3 is 0 Å². The first-order valence-corrected chi connectivity index (χ1v) is 14.3. The number of carbonyl (C=O) groups is 1. The van der Waals surface area contributed by atoms with Gasteiger partial charge in [0.1, 0.15) is 11.5 Å². The number of halogens is 1. The molecule has 5 rings (SSSR count). The molecule has 2 heterocycles. The van der Waals surface area contributed by atoms with Gasteiger partial charge in [0.15, 0.2) is 4.80 Å². The molecule has 0 saturated carbocycles. The van der Waals surface area contributed by atoms with Crippen molar-refractivity contribution in [2.75, 3.05) is 12.4 Å². The van der Waals surface area contributed by atoms with E-state index in [1.807, 2.05) is 92.7 Å². The second kappa shape index (κ2) is 11.7. The predicted molar refractivity (Wildman–Crippen MR) is 162 cm³/mol. The minimum absolute atomic E-state index is 0.0407. The highest BCUT2D eigenvalue weighted by Crippen LogP contribution is 2.32. The summed E-state index contributed by atoms with van der Waals surface area (Å²) in [7, 11) is 1.59. The Kier molecular flexibility index (Phi) is 8.04. The average molecular weight is 619 g/mol. The number of aromatic nitrogens is 1. The molecule has 40 heavy (non-hydrogen) atoms. The molecule has 0 unspecified atom stereocenters. The van der Waals surface area contributed by atoms with E-state index in [0.29, 0.717) is 32.0 Å². The number of hydrogen-bond acceptors (Lipinski definition) is 6. The van der Waals surface area contributed by atoms with Crippen LogP contribution in [0.15, 0.2) is 98.3 Å². The van der Waals surface area contributed by atoms with E-state index in [9.17, 15) is 9.59 Å². The molecule has 7 nitrogen and oxygen atoms in total. The van der Waals surface area contributed by atoms with E-state index in [4.69, 9.17) is 14.5 Å². The van der Waals surface area contributed by atoms with Crippen molar-refractivity contribution in [3.05, 3.63) is 119 Å². The van der Waals surface area contributed by atoms with Gasteiger partial charge < -0.3 is 14.8 Å². The van der Waals surface area contributed by atoms with Crippen molar-refractivity contribution in [3.63, 3.8) is 0 Å². The van der Waals surface area contributed by atoms with Crippen LogP contribution in [-0.4, -0.2) is 23.7 Å². The van der Waals surface area contributed by atoms with Crippen LogP contribution in [0.25, 0.3) is 6.08 Å². The number of para-hydroxylation sites is 1. The third-order valence-corrected chi connectivity index (χ3v) is 7.93. The zero-order chi connectivity index (χ0) is 28.4. The Hall–Kier alpha value is -3.95. The summed E-state index contributed by atoms with van der Waals surface area (Å²) in [5.41, 5.74) is 2.96. The van der Waals surface area contributed by atoms with Crippen LogP contribution in [0, 0.1) is 0 Å². The number of rotatable bonds is 7. The molecule has 0 aliphatic carbocycles. The maximum atomic E-state index is 13.9. The summed E-state index contributed by atoms with van der Waals surface area (Å²) >= 11 is 4.86. The second-order valence-corrected chi connectivity index (χ2v) is 11.4. The number of ether oxygens (including phenoxy) is 2. The SMILES string of the molecule is COc1cccc([C@@H]2C(C(=O)Nc3ccccc3)=C(C)N=c3s/c(=C\c4ccc(OC(C)C)c(Br)c4)c(=O)n32)c1. The normalized spacial score (nSPS) is 15.1.